The molecule has 8 nitrogen and oxygen atoms in total. The zero-order valence-electron chi connectivity index (χ0n) is 22.7. The molecule has 1 unspecified atom stereocenters. The van der Waals surface area contributed by atoms with E-state index in [0.29, 0.717) is 19.6 Å². The van der Waals surface area contributed by atoms with Crippen LogP contribution in [0.3, 0.4) is 0 Å². The third kappa shape index (κ3) is 13.2. The Kier molecular flexibility index (Phi) is 16.7. The third-order valence-corrected chi connectivity index (χ3v) is 6.91. The summed E-state index contributed by atoms with van der Waals surface area (Å²) in [5.74, 6) is 0. The number of unbranched alkanes of at least 4 members (excludes halogenated alkanes) is 13. The van der Waals surface area contributed by atoms with Crippen LogP contribution in [0.15, 0.2) is 21.9 Å². The van der Waals surface area contributed by atoms with E-state index in [2.05, 4.69) is 11.9 Å². The molecule has 37 heavy (non-hydrogen) atoms. The van der Waals surface area contributed by atoms with Crippen LogP contribution in [-0.2, 0) is 14.2 Å². The summed E-state index contributed by atoms with van der Waals surface area (Å²) >= 11 is 0. The molecule has 0 saturated carbocycles. The van der Waals surface area contributed by atoms with Crippen LogP contribution in [0.25, 0.3) is 0 Å². The van der Waals surface area contributed by atoms with Crippen molar-refractivity contribution in [1.82, 2.24) is 9.55 Å². The van der Waals surface area contributed by atoms with E-state index in [4.69, 9.17) is 14.2 Å². The Morgan fingerprint density at radius 1 is 0.946 bits per heavy atom. The second kappa shape index (κ2) is 19.5. The number of aliphatic hydroxyl groups is 1. The van der Waals surface area contributed by atoms with Gasteiger partial charge >= 0.3 is 5.69 Å². The molecule has 0 bridgehead atoms. The number of hydrogen-bond acceptors (Lipinski definition) is 6. The van der Waals surface area contributed by atoms with E-state index < -0.39 is 36.0 Å². The highest BCUT2D eigenvalue weighted by molar-refractivity contribution is 4.89. The number of aromatic nitrogens is 2. The van der Waals surface area contributed by atoms with E-state index in [1.165, 1.54) is 95.7 Å². The molecule has 2 rings (SSSR count). The Hall–Kier alpha value is -1.55. The Balaban J connectivity index is 1.38. The number of nitrogens with zero attached hydrogens (tertiary/aromatic N) is 1. The molecule has 1 aliphatic rings. The minimum Gasteiger partial charge on any atom is -0.390 e. The van der Waals surface area contributed by atoms with Crippen molar-refractivity contribution >= 4 is 0 Å². The molecule has 214 valence electrons. The lowest BCUT2D eigenvalue weighted by atomic mass is 10.0. The van der Waals surface area contributed by atoms with E-state index in [0.717, 1.165) is 11.0 Å². The molecule has 1 aromatic heterocycles. The van der Waals surface area contributed by atoms with Crippen LogP contribution >= 0.6 is 0 Å². The maximum atomic E-state index is 14.4. The Bertz CT molecular complexity index is 816. The largest absolute Gasteiger partial charge is 0.390 e. The SMILES string of the molecule is CCCCCCCCCCCCCCCCOCCCOC(F)[C@H]1O[C@@H](n2ccc(=O)[nH]c2=O)C[C@@H]1O. The molecule has 0 aromatic carbocycles. The van der Waals surface area contributed by atoms with Gasteiger partial charge in [0.15, 0.2) is 0 Å². The quantitative estimate of drug-likeness (QED) is 0.196. The van der Waals surface area contributed by atoms with Gasteiger partial charge in [0.1, 0.15) is 12.3 Å². The monoisotopic (exact) mass is 528 g/mol. The van der Waals surface area contributed by atoms with Gasteiger partial charge in [0.25, 0.3) is 5.56 Å². The van der Waals surface area contributed by atoms with Crippen LogP contribution in [-0.4, -0.2) is 53.0 Å². The average molecular weight is 529 g/mol. The summed E-state index contributed by atoms with van der Waals surface area (Å²) in [5, 5.41) is 10.1. The van der Waals surface area contributed by atoms with Gasteiger partial charge in [0.2, 0.25) is 6.36 Å². The molecule has 9 heteroatoms. The zero-order chi connectivity index (χ0) is 26.7. The second-order valence-corrected chi connectivity index (χ2v) is 10.2. The van der Waals surface area contributed by atoms with Gasteiger partial charge in [-0.15, -0.1) is 0 Å². The first-order chi connectivity index (χ1) is 18.0. The molecular weight excluding hydrogens is 479 g/mol. The molecule has 0 spiro atoms. The number of aliphatic hydroxyl groups excluding tert-OH is 1. The fourth-order valence-electron chi connectivity index (χ4n) is 4.69. The van der Waals surface area contributed by atoms with Gasteiger partial charge in [-0.25, -0.2) is 9.18 Å². The minimum absolute atomic E-state index is 0.0305. The number of halogens is 1. The highest BCUT2D eigenvalue weighted by atomic mass is 19.1. The topological polar surface area (TPSA) is 103 Å². The van der Waals surface area contributed by atoms with Crippen LogP contribution in [0.2, 0.25) is 0 Å². The molecule has 2 heterocycles. The molecular formula is C28H49FN2O6. The lowest BCUT2D eigenvalue weighted by Crippen LogP contribution is -2.34. The van der Waals surface area contributed by atoms with Crippen molar-refractivity contribution in [3.05, 3.63) is 33.1 Å². The second-order valence-electron chi connectivity index (χ2n) is 10.2. The summed E-state index contributed by atoms with van der Waals surface area (Å²) in [7, 11) is 0. The average Bonchev–Trinajstić information content (AvgIpc) is 3.26. The number of H-pyrrole nitrogens is 1. The van der Waals surface area contributed by atoms with E-state index >= 15 is 0 Å². The van der Waals surface area contributed by atoms with Gasteiger partial charge in [-0.05, 0) is 12.8 Å². The fraction of sp³-hybridized carbons (Fsp3) is 0.857. The summed E-state index contributed by atoms with van der Waals surface area (Å²) in [4.78, 5) is 25.2. The summed E-state index contributed by atoms with van der Waals surface area (Å²) < 4.78 is 31.9. The maximum absolute atomic E-state index is 14.4. The van der Waals surface area contributed by atoms with Crippen molar-refractivity contribution in [1.29, 1.82) is 0 Å². The van der Waals surface area contributed by atoms with Gasteiger partial charge in [-0.2, -0.15) is 0 Å². The number of aromatic amines is 1. The van der Waals surface area contributed by atoms with Crippen LogP contribution in [0.5, 0.6) is 0 Å². The fourth-order valence-corrected chi connectivity index (χ4v) is 4.69. The Morgan fingerprint density at radius 2 is 1.51 bits per heavy atom. The lowest BCUT2D eigenvalue weighted by molar-refractivity contribution is -0.160. The highest BCUT2D eigenvalue weighted by Crippen LogP contribution is 2.30. The third-order valence-electron chi connectivity index (χ3n) is 6.91. The van der Waals surface area contributed by atoms with Gasteiger partial charge in [0, 0.05) is 31.9 Å². The van der Waals surface area contributed by atoms with Crippen LogP contribution in [0.4, 0.5) is 4.39 Å². The standard InChI is InChI=1S/C28H49FN2O6/c1-2-3-4-5-6-7-8-9-10-11-12-13-14-15-19-35-20-16-21-36-27(29)26-23(32)22-25(37-26)31-18-17-24(33)30-28(31)34/h17-18,23,25-27,32H,2-16,19-22H2,1H3,(H,30,33,34)/t23-,25+,26-,27?/m0/s1. The smallest absolute Gasteiger partial charge is 0.330 e. The highest BCUT2D eigenvalue weighted by Gasteiger charge is 2.41. The minimum atomic E-state index is -1.82. The van der Waals surface area contributed by atoms with Gasteiger partial charge in [0.05, 0.1) is 12.7 Å². The first kappa shape index (κ1) is 31.7. The lowest BCUT2D eigenvalue weighted by Gasteiger charge is -2.20. The number of hydrogen-bond donors (Lipinski definition) is 2. The zero-order valence-corrected chi connectivity index (χ0v) is 22.7. The van der Waals surface area contributed by atoms with Crippen LogP contribution < -0.4 is 11.2 Å². The molecule has 1 aliphatic heterocycles. The molecule has 1 saturated heterocycles. The van der Waals surface area contributed by atoms with E-state index in [-0.39, 0.29) is 13.0 Å². The molecule has 0 amide bonds. The Morgan fingerprint density at radius 3 is 2.11 bits per heavy atom. The van der Waals surface area contributed by atoms with E-state index in [1.807, 2.05) is 0 Å². The van der Waals surface area contributed by atoms with Crippen LogP contribution in [0.1, 0.15) is 116 Å². The molecule has 1 fully saturated rings. The number of nitrogens with one attached hydrogen (secondary N) is 1. The van der Waals surface area contributed by atoms with Crippen molar-refractivity contribution in [3.63, 3.8) is 0 Å². The predicted molar refractivity (Wildman–Crippen MR) is 142 cm³/mol. The van der Waals surface area contributed by atoms with Gasteiger partial charge in [-0.1, -0.05) is 90.4 Å². The maximum Gasteiger partial charge on any atom is 0.330 e. The first-order valence-electron chi connectivity index (χ1n) is 14.5. The van der Waals surface area contributed by atoms with Gasteiger partial charge in [-0.3, -0.25) is 14.3 Å². The molecule has 4 atom stereocenters. The predicted octanol–water partition coefficient (Wildman–Crippen LogP) is 5.39. The van der Waals surface area contributed by atoms with Crippen molar-refractivity contribution in [2.45, 2.75) is 134 Å². The van der Waals surface area contributed by atoms with Crippen molar-refractivity contribution in [3.8, 4) is 0 Å². The molecule has 2 N–H and O–H groups in total. The molecule has 0 aliphatic carbocycles. The van der Waals surface area contributed by atoms with Crippen LogP contribution in [0, 0.1) is 0 Å². The Labute approximate surface area is 220 Å². The number of rotatable bonds is 22. The molecule has 1 aromatic rings. The van der Waals surface area contributed by atoms with Gasteiger partial charge < -0.3 is 19.3 Å². The van der Waals surface area contributed by atoms with E-state index in [9.17, 15) is 19.1 Å². The number of ether oxygens (including phenoxy) is 3. The summed E-state index contributed by atoms with van der Waals surface area (Å²) in [6.45, 7) is 3.61. The summed E-state index contributed by atoms with van der Waals surface area (Å²) in [5.41, 5.74) is -1.20. The van der Waals surface area contributed by atoms with Crippen molar-refractivity contribution in [2.24, 2.45) is 0 Å². The number of alkyl halides is 1. The van der Waals surface area contributed by atoms with Crippen molar-refractivity contribution < 1.29 is 23.7 Å². The summed E-state index contributed by atoms with van der Waals surface area (Å²) in [6.07, 6.45) is 15.4. The molecule has 0 radical (unpaired) electrons. The van der Waals surface area contributed by atoms with E-state index in [1.54, 1.807) is 0 Å². The van der Waals surface area contributed by atoms with Crippen molar-refractivity contribution in [2.75, 3.05) is 19.8 Å². The normalized spacial score (nSPS) is 20.5. The summed E-state index contributed by atoms with van der Waals surface area (Å²) in [6, 6.07) is 1.17. The first-order valence-corrected chi connectivity index (χ1v) is 14.5.